The Morgan fingerprint density at radius 1 is 1.38 bits per heavy atom. The fraction of sp³-hybridized carbons (Fsp3) is 0.400. The second-order valence-electron chi connectivity index (χ2n) is 5.12. The van der Waals surface area contributed by atoms with Crippen molar-refractivity contribution >= 4 is 31.9 Å². The molecule has 6 heteroatoms. The van der Waals surface area contributed by atoms with E-state index in [0.29, 0.717) is 0 Å². The van der Waals surface area contributed by atoms with Gasteiger partial charge < -0.3 is 4.74 Å². The largest absolute Gasteiger partial charge is 0.495 e. The summed E-state index contributed by atoms with van der Waals surface area (Å²) in [5, 5.41) is 7.75. The molecule has 1 aliphatic heterocycles. The number of aromatic nitrogens is 2. The summed E-state index contributed by atoms with van der Waals surface area (Å²) in [4.78, 5) is 2.43. The van der Waals surface area contributed by atoms with E-state index in [9.17, 15) is 0 Å². The van der Waals surface area contributed by atoms with Crippen molar-refractivity contribution < 1.29 is 4.74 Å². The van der Waals surface area contributed by atoms with E-state index in [-0.39, 0.29) is 0 Å². The lowest BCUT2D eigenvalue weighted by molar-refractivity contribution is 0.267. The van der Waals surface area contributed by atoms with Crippen molar-refractivity contribution in [1.82, 2.24) is 15.1 Å². The van der Waals surface area contributed by atoms with E-state index < -0.39 is 0 Å². The first-order chi connectivity index (χ1) is 10.1. The molecule has 0 fully saturated rings. The third-order valence-electron chi connectivity index (χ3n) is 3.93. The summed E-state index contributed by atoms with van der Waals surface area (Å²) in [7, 11) is 1.69. The quantitative estimate of drug-likeness (QED) is 0.825. The zero-order chi connectivity index (χ0) is 15.0. The predicted octanol–water partition coefficient (Wildman–Crippen LogP) is 3.99. The zero-order valence-electron chi connectivity index (χ0n) is 12.0. The Balaban J connectivity index is 2.12. The van der Waals surface area contributed by atoms with Gasteiger partial charge in [-0.05, 0) is 34.6 Å². The molecule has 1 aromatic carbocycles. The summed E-state index contributed by atoms with van der Waals surface area (Å²) >= 11 is 7.11. The number of hydrogen-bond donors (Lipinski definition) is 1. The first-order valence-corrected chi connectivity index (χ1v) is 8.54. The number of halogens is 2. The number of fused-ring (bicyclic) bond motifs is 1. The molecule has 0 saturated carbocycles. The average Bonchev–Trinajstić information content (AvgIpc) is 2.89. The van der Waals surface area contributed by atoms with Gasteiger partial charge in [0.05, 0.1) is 11.6 Å². The number of nitrogens with zero attached hydrogens (tertiary/aromatic N) is 2. The van der Waals surface area contributed by atoms with Crippen molar-refractivity contribution in [2.45, 2.75) is 19.9 Å². The van der Waals surface area contributed by atoms with Crippen LogP contribution in [0.3, 0.4) is 0 Å². The van der Waals surface area contributed by atoms with Crippen LogP contribution in [0.4, 0.5) is 0 Å². The van der Waals surface area contributed by atoms with Crippen LogP contribution in [0.1, 0.15) is 18.2 Å². The maximum Gasteiger partial charge on any atom is 0.142 e. The second kappa shape index (κ2) is 6.10. The normalized spacial score (nSPS) is 15.0. The Bertz CT molecular complexity index is 669. The number of H-pyrrole nitrogens is 1. The number of aromatic amines is 1. The number of hydrogen-bond acceptors (Lipinski definition) is 3. The van der Waals surface area contributed by atoms with Gasteiger partial charge in [-0.15, -0.1) is 0 Å². The molecule has 2 heterocycles. The molecular weight excluding hydrogens is 398 g/mol. The maximum atomic E-state index is 5.56. The highest BCUT2D eigenvalue weighted by atomic mass is 79.9. The van der Waals surface area contributed by atoms with Crippen LogP contribution in [-0.4, -0.2) is 35.3 Å². The highest BCUT2D eigenvalue weighted by Gasteiger charge is 2.24. The van der Waals surface area contributed by atoms with E-state index in [1.807, 2.05) is 6.07 Å². The highest BCUT2D eigenvalue weighted by molar-refractivity contribution is 9.11. The van der Waals surface area contributed by atoms with Gasteiger partial charge in [0.2, 0.25) is 0 Å². The Morgan fingerprint density at radius 2 is 2.19 bits per heavy atom. The molecule has 0 atom stereocenters. The molecule has 0 aliphatic carbocycles. The number of methoxy groups -OCH3 is 1. The molecular formula is C15H17Br2N3O. The van der Waals surface area contributed by atoms with Crippen molar-refractivity contribution in [3.8, 4) is 17.0 Å². The SMILES string of the molecule is CCN1CCc2[nH]nc(-c3cc(Br)cc(Br)c3OC)c2C1. The van der Waals surface area contributed by atoms with Gasteiger partial charge in [-0.2, -0.15) is 5.10 Å². The maximum absolute atomic E-state index is 5.56. The number of ether oxygens (including phenoxy) is 1. The molecule has 1 N–H and O–H groups in total. The van der Waals surface area contributed by atoms with Crippen LogP contribution in [0.25, 0.3) is 11.3 Å². The molecule has 0 bridgehead atoms. The molecule has 112 valence electrons. The van der Waals surface area contributed by atoms with Crippen molar-refractivity contribution in [3.05, 3.63) is 32.3 Å². The van der Waals surface area contributed by atoms with Crippen molar-refractivity contribution in [2.75, 3.05) is 20.2 Å². The van der Waals surface area contributed by atoms with E-state index in [1.54, 1.807) is 7.11 Å². The lowest BCUT2D eigenvalue weighted by atomic mass is 10.0. The third-order valence-corrected chi connectivity index (χ3v) is 4.97. The van der Waals surface area contributed by atoms with Crippen molar-refractivity contribution in [3.63, 3.8) is 0 Å². The van der Waals surface area contributed by atoms with Crippen LogP contribution in [0, 0.1) is 0 Å². The van der Waals surface area contributed by atoms with Gasteiger partial charge in [-0.25, -0.2) is 0 Å². The minimum atomic E-state index is 0.820. The third kappa shape index (κ3) is 2.76. The van der Waals surface area contributed by atoms with Gasteiger partial charge in [-0.1, -0.05) is 22.9 Å². The number of benzene rings is 1. The molecule has 2 aromatic rings. The lowest BCUT2D eigenvalue weighted by Gasteiger charge is -2.25. The summed E-state index contributed by atoms with van der Waals surface area (Å²) in [5.74, 6) is 0.820. The Hall–Kier alpha value is -0.850. The number of likely N-dealkylation sites (N-methyl/N-ethyl adjacent to an activating group) is 1. The lowest BCUT2D eigenvalue weighted by Crippen LogP contribution is -2.30. The molecule has 1 aliphatic rings. The Morgan fingerprint density at radius 3 is 2.90 bits per heavy atom. The van der Waals surface area contributed by atoms with Crippen LogP contribution in [0.5, 0.6) is 5.75 Å². The van der Waals surface area contributed by atoms with Crippen LogP contribution in [-0.2, 0) is 13.0 Å². The number of nitrogens with one attached hydrogen (secondary N) is 1. The first kappa shape index (κ1) is 15.1. The van der Waals surface area contributed by atoms with Gasteiger partial charge >= 0.3 is 0 Å². The predicted molar refractivity (Wildman–Crippen MR) is 90.6 cm³/mol. The zero-order valence-corrected chi connectivity index (χ0v) is 15.2. The van der Waals surface area contributed by atoms with Gasteiger partial charge in [0, 0.05) is 40.8 Å². The van der Waals surface area contributed by atoms with E-state index >= 15 is 0 Å². The van der Waals surface area contributed by atoms with Gasteiger partial charge in [-0.3, -0.25) is 10.00 Å². The van der Waals surface area contributed by atoms with Gasteiger partial charge in [0.25, 0.3) is 0 Å². The first-order valence-electron chi connectivity index (χ1n) is 6.96. The summed E-state index contributed by atoms with van der Waals surface area (Å²) in [6.45, 7) is 5.28. The highest BCUT2D eigenvalue weighted by Crippen LogP contribution is 2.40. The smallest absolute Gasteiger partial charge is 0.142 e. The number of rotatable bonds is 3. The van der Waals surface area contributed by atoms with Crippen LogP contribution in [0.2, 0.25) is 0 Å². The van der Waals surface area contributed by atoms with E-state index in [1.165, 1.54) is 11.3 Å². The molecule has 3 rings (SSSR count). The van der Waals surface area contributed by atoms with E-state index in [4.69, 9.17) is 4.74 Å². The van der Waals surface area contributed by atoms with Crippen LogP contribution >= 0.6 is 31.9 Å². The minimum Gasteiger partial charge on any atom is -0.495 e. The van der Waals surface area contributed by atoms with Crippen molar-refractivity contribution in [1.29, 1.82) is 0 Å². The Labute approximate surface area is 141 Å². The summed E-state index contributed by atoms with van der Waals surface area (Å²) in [5.41, 5.74) is 4.52. The molecule has 0 spiro atoms. The molecule has 21 heavy (non-hydrogen) atoms. The average molecular weight is 415 g/mol. The monoisotopic (exact) mass is 413 g/mol. The molecule has 4 nitrogen and oxygen atoms in total. The van der Waals surface area contributed by atoms with Crippen molar-refractivity contribution in [2.24, 2.45) is 0 Å². The molecule has 1 aromatic heterocycles. The topological polar surface area (TPSA) is 41.2 Å². The molecule has 0 amide bonds. The van der Waals surface area contributed by atoms with Gasteiger partial charge in [0.1, 0.15) is 11.4 Å². The summed E-state index contributed by atoms with van der Waals surface area (Å²) < 4.78 is 7.49. The molecule has 0 saturated heterocycles. The van der Waals surface area contributed by atoms with E-state index in [2.05, 4.69) is 59.9 Å². The van der Waals surface area contributed by atoms with Crippen LogP contribution < -0.4 is 4.74 Å². The molecule has 0 unspecified atom stereocenters. The summed E-state index contributed by atoms with van der Waals surface area (Å²) in [6, 6.07) is 4.05. The second-order valence-corrected chi connectivity index (χ2v) is 6.89. The van der Waals surface area contributed by atoms with Crippen LogP contribution in [0.15, 0.2) is 21.1 Å². The fourth-order valence-corrected chi connectivity index (χ4v) is 4.17. The van der Waals surface area contributed by atoms with Gasteiger partial charge in [0.15, 0.2) is 0 Å². The summed E-state index contributed by atoms with van der Waals surface area (Å²) in [6.07, 6.45) is 1.02. The Kier molecular flexibility index (Phi) is 4.38. The standard InChI is InChI=1S/C15H17Br2N3O/c1-3-20-5-4-13-11(8-20)14(19-18-13)10-6-9(16)7-12(17)15(10)21-2/h6-7H,3-5,8H2,1-2H3,(H,18,19). The fourth-order valence-electron chi connectivity index (χ4n) is 2.79. The molecule has 0 radical (unpaired) electrons. The van der Waals surface area contributed by atoms with E-state index in [0.717, 1.165) is 52.0 Å². The minimum absolute atomic E-state index is 0.820.